The Morgan fingerprint density at radius 1 is 1.14 bits per heavy atom. The number of β-lactam (4-membered cyclic amide) rings is 1. The minimum absolute atomic E-state index is 0.0249. The predicted octanol–water partition coefficient (Wildman–Crippen LogP) is 3.94. The zero-order valence-corrected chi connectivity index (χ0v) is 13.2. The number of amides is 1. The van der Waals surface area contributed by atoms with Crippen molar-refractivity contribution in [3.05, 3.63) is 64.7 Å². The zero-order valence-electron chi connectivity index (χ0n) is 12.5. The van der Waals surface area contributed by atoms with Gasteiger partial charge >= 0.3 is 0 Å². The van der Waals surface area contributed by atoms with Gasteiger partial charge in [-0.1, -0.05) is 41.9 Å². The van der Waals surface area contributed by atoms with Gasteiger partial charge in [0.25, 0.3) is 0 Å². The molecule has 1 heterocycles. The van der Waals surface area contributed by atoms with Crippen LogP contribution in [-0.4, -0.2) is 18.2 Å². The summed E-state index contributed by atoms with van der Waals surface area (Å²) in [4.78, 5) is 26.6. The molecule has 2 aromatic carbocycles. The van der Waals surface area contributed by atoms with Crippen molar-refractivity contribution in [1.82, 2.24) is 0 Å². The fraction of sp³-hybridized carbons (Fsp3) is 0.222. The topological polar surface area (TPSA) is 37.4 Å². The largest absolute Gasteiger partial charge is 0.310 e. The normalized spacial score (nSPS) is 16.3. The summed E-state index contributed by atoms with van der Waals surface area (Å²) in [5.41, 5.74) is 1.30. The second-order valence-electron chi connectivity index (χ2n) is 6.13. The number of rotatable bonds is 3. The highest BCUT2D eigenvalue weighted by Crippen LogP contribution is 2.38. The first-order chi connectivity index (χ1) is 10.4. The Balaban J connectivity index is 2.03. The van der Waals surface area contributed by atoms with Crippen LogP contribution in [-0.2, 0) is 4.79 Å². The Kier molecular flexibility index (Phi) is 3.53. The van der Waals surface area contributed by atoms with E-state index in [2.05, 4.69) is 0 Å². The van der Waals surface area contributed by atoms with E-state index in [1.165, 1.54) is 0 Å². The number of hydrogen-bond donors (Lipinski definition) is 0. The third-order valence-electron chi connectivity index (χ3n) is 3.91. The lowest BCUT2D eigenvalue weighted by Crippen LogP contribution is -2.59. The van der Waals surface area contributed by atoms with E-state index in [0.29, 0.717) is 28.4 Å². The summed E-state index contributed by atoms with van der Waals surface area (Å²) >= 11 is 6.05. The molecule has 0 N–H and O–H groups in total. The van der Waals surface area contributed by atoms with E-state index in [1.807, 2.05) is 32.0 Å². The lowest BCUT2D eigenvalue weighted by molar-refractivity contribution is -0.132. The Bertz CT molecular complexity index is 753. The lowest BCUT2D eigenvalue weighted by atomic mass is 9.82. The Hall–Kier alpha value is -2.13. The fourth-order valence-corrected chi connectivity index (χ4v) is 2.85. The molecule has 0 spiro atoms. The molecule has 0 aromatic heterocycles. The molecule has 4 heteroatoms. The van der Waals surface area contributed by atoms with Gasteiger partial charge in [0.2, 0.25) is 5.91 Å². The van der Waals surface area contributed by atoms with E-state index in [9.17, 15) is 9.59 Å². The van der Waals surface area contributed by atoms with Crippen molar-refractivity contribution in [2.75, 3.05) is 11.4 Å². The molecule has 1 fully saturated rings. The van der Waals surface area contributed by atoms with E-state index in [-0.39, 0.29) is 17.1 Å². The van der Waals surface area contributed by atoms with Crippen molar-refractivity contribution in [1.29, 1.82) is 0 Å². The molecule has 3 nitrogen and oxygen atoms in total. The summed E-state index contributed by atoms with van der Waals surface area (Å²) < 4.78 is 0. The summed E-state index contributed by atoms with van der Waals surface area (Å²) in [5.74, 6) is -0.104. The van der Waals surface area contributed by atoms with Crippen LogP contribution in [0.15, 0.2) is 48.5 Å². The summed E-state index contributed by atoms with van der Waals surface area (Å²) in [7, 11) is 0. The van der Waals surface area contributed by atoms with Crippen LogP contribution in [0, 0.1) is 5.41 Å². The molecule has 112 valence electrons. The number of hydrogen-bond acceptors (Lipinski definition) is 2. The molecule has 1 amide bonds. The average Bonchev–Trinajstić information content (AvgIpc) is 2.53. The van der Waals surface area contributed by atoms with Gasteiger partial charge in [0.05, 0.1) is 11.1 Å². The van der Waals surface area contributed by atoms with Crippen molar-refractivity contribution in [3.63, 3.8) is 0 Å². The quantitative estimate of drug-likeness (QED) is 0.635. The Morgan fingerprint density at radius 2 is 1.82 bits per heavy atom. The van der Waals surface area contributed by atoms with Gasteiger partial charge in [0.1, 0.15) is 0 Å². The molecule has 1 saturated heterocycles. The first kappa shape index (κ1) is 14.8. The minimum Gasteiger partial charge on any atom is -0.310 e. The van der Waals surface area contributed by atoms with Gasteiger partial charge in [-0.25, -0.2) is 0 Å². The van der Waals surface area contributed by atoms with Crippen LogP contribution in [0.5, 0.6) is 0 Å². The number of halogens is 1. The van der Waals surface area contributed by atoms with Crippen molar-refractivity contribution in [3.8, 4) is 0 Å². The summed E-state index contributed by atoms with van der Waals surface area (Å²) in [5, 5.41) is 0.482. The fourth-order valence-electron chi connectivity index (χ4n) is 2.67. The Labute approximate surface area is 134 Å². The third kappa shape index (κ3) is 2.42. The molecule has 1 aliphatic heterocycles. The first-order valence-electron chi connectivity index (χ1n) is 7.11. The molecule has 3 rings (SSSR count). The molecular weight excluding hydrogens is 298 g/mol. The van der Waals surface area contributed by atoms with Crippen molar-refractivity contribution in [2.24, 2.45) is 5.41 Å². The van der Waals surface area contributed by atoms with E-state index in [1.54, 1.807) is 35.2 Å². The molecule has 0 unspecified atom stereocenters. The van der Waals surface area contributed by atoms with Crippen LogP contribution in [0.3, 0.4) is 0 Å². The highest BCUT2D eigenvalue weighted by atomic mass is 35.5. The number of anilines is 1. The number of carbonyl (C=O) groups is 2. The van der Waals surface area contributed by atoms with Crippen LogP contribution in [0.25, 0.3) is 0 Å². The van der Waals surface area contributed by atoms with Crippen LogP contribution >= 0.6 is 11.6 Å². The van der Waals surface area contributed by atoms with Crippen molar-refractivity contribution >= 4 is 29.0 Å². The molecule has 0 atom stereocenters. The van der Waals surface area contributed by atoms with Crippen LogP contribution < -0.4 is 4.90 Å². The van der Waals surface area contributed by atoms with E-state index in [4.69, 9.17) is 11.6 Å². The average molecular weight is 314 g/mol. The molecule has 0 bridgehead atoms. The van der Waals surface area contributed by atoms with Gasteiger partial charge in [0.15, 0.2) is 5.78 Å². The van der Waals surface area contributed by atoms with Crippen LogP contribution in [0.1, 0.15) is 29.8 Å². The minimum atomic E-state index is -0.368. The zero-order chi connectivity index (χ0) is 15.9. The number of nitrogens with zero attached hydrogens (tertiary/aromatic N) is 1. The SMILES string of the molecule is CC1(C)CN(c2ccc(Cl)cc2C(=O)c2ccccc2)C1=O. The van der Waals surface area contributed by atoms with Gasteiger partial charge in [0, 0.05) is 22.7 Å². The van der Waals surface area contributed by atoms with Gasteiger partial charge in [-0.2, -0.15) is 0 Å². The maximum atomic E-state index is 12.7. The number of ketones is 1. The van der Waals surface area contributed by atoms with Gasteiger partial charge in [-0.15, -0.1) is 0 Å². The summed E-state index contributed by atoms with van der Waals surface area (Å²) in [6.45, 7) is 4.41. The van der Waals surface area contributed by atoms with E-state index >= 15 is 0 Å². The van der Waals surface area contributed by atoms with Gasteiger partial charge in [-0.05, 0) is 32.0 Å². The maximum Gasteiger partial charge on any atom is 0.234 e. The number of carbonyl (C=O) groups excluding carboxylic acids is 2. The summed E-state index contributed by atoms with van der Waals surface area (Å²) in [6, 6.07) is 14.1. The smallest absolute Gasteiger partial charge is 0.234 e. The highest BCUT2D eigenvalue weighted by molar-refractivity contribution is 6.31. The molecule has 1 aliphatic rings. The monoisotopic (exact) mass is 313 g/mol. The van der Waals surface area contributed by atoms with Gasteiger partial charge in [-0.3, -0.25) is 9.59 Å². The molecule has 0 saturated carbocycles. The highest BCUT2D eigenvalue weighted by Gasteiger charge is 2.45. The maximum absolute atomic E-state index is 12.7. The third-order valence-corrected chi connectivity index (χ3v) is 4.14. The van der Waals surface area contributed by atoms with Crippen molar-refractivity contribution < 1.29 is 9.59 Å². The van der Waals surface area contributed by atoms with Gasteiger partial charge < -0.3 is 4.90 Å². The molecule has 22 heavy (non-hydrogen) atoms. The molecule has 2 aromatic rings. The second-order valence-corrected chi connectivity index (χ2v) is 6.57. The summed E-state index contributed by atoms with van der Waals surface area (Å²) in [6.07, 6.45) is 0. The van der Waals surface area contributed by atoms with Crippen LogP contribution in [0.2, 0.25) is 5.02 Å². The number of benzene rings is 2. The first-order valence-corrected chi connectivity index (χ1v) is 7.49. The standard InChI is InChI=1S/C18H16ClNO2/c1-18(2)11-20(17(18)22)15-9-8-13(19)10-14(15)16(21)12-6-4-3-5-7-12/h3-10H,11H2,1-2H3. The molecular formula is C18H16ClNO2. The molecule has 0 aliphatic carbocycles. The van der Waals surface area contributed by atoms with Crippen LogP contribution in [0.4, 0.5) is 5.69 Å². The van der Waals surface area contributed by atoms with E-state index < -0.39 is 0 Å². The molecule has 0 radical (unpaired) electrons. The second kappa shape index (κ2) is 5.25. The predicted molar refractivity (Wildman–Crippen MR) is 87.5 cm³/mol. The van der Waals surface area contributed by atoms with E-state index in [0.717, 1.165) is 0 Å². The Morgan fingerprint density at radius 3 is 2.41 bits per heavy atom. The van der Waals surface area contributed by atoms with Crippen molar-refractivity contribution in [2.45, 2.75) is 13.8 Å². The lowest BCUT2D eigenvalue weighted by Gasteiger charge is -2.45.